The third-order valence-corrected chi connectivity index (χ3v) is 1.92. The van der Waals surface area contributed by atoms with Gasteiger partial charge in [-0.25, -0.2) is 9.97 Å². The Hall–Kier alpha value is -1.10. The van der Waals surface area contributed by atoms with Crippen LogP contribution in [-0.2, 0) is 0 Å². The molecule has 5 heteroatoms. The summed E-state index contributed by atoms with van der Waals surface area (Å²) >= 11 is 1.50. The van der Waals surface area contributed by atoms with E-state index in [1.165, 1.54) is 17.7 Å². The highest BCUT2D eigenvalue weighted by Crippen LogP contribution is 2.14. The normalized spacial score (nSPS) is 10.5. The summed E-state index contributed by atoms with van der Waals surface area (Å²) in [6.45, 7) is 1.92. The SMILES string of the molecule is Cc1nc2ncnnc2s1. The van der Waals surface area contributed by atoms with Gasteiger partial charge in [0.05, 0.1) is 5.01 Å². The van der Waals surface area contributed by atoms with Gasteiger partial charge in [0.25, 0.3) is 0 Å². The van der Waals surface area contributed by atoms with Crippen LogP contribution < -0.4 is 0 Å². The molecule has 0 radical (unpaired) electrons. The molecule has 0 bridgehead atoms. The average molecular weight is 152 g/mol. The van der Waals surface area contributed by atoms with Gasteiger partial charge in [0, 0.05) is 0 Å². The number of fused-ring (bicyclic) bond motifs is 1. The van der Waals surface area contributed by atoms with Crippen molar-refractivity contribution in [1.29, 1.82) is 0 Å². The summed E-state index contributed by atoms with van der Waals surface area (Å²) in [6, 6.07) is 0. The number of aromatic nitrogens is 4. The molecule has 2 aromatic heterocycles. The Labute approximate surface area is 61.0 Å². The fourth-order valence-corrected chi connectivity index (χ4v) is 1.40. The van der Waals surface area contributed by atoms with E-state index in [4.69, 9.17) is 0 Å². The van der Waals surface area contributed by atoms with Crippen LogP contribution in [0.3, 0.4) is 0 Å². The number of thiazole rings is 1. The molecule has 2 rings (SSSR count). The van der Waals surface area contributed by atoms with E-state index in [2.05, 4.69) is 20.2 Å². The van der Waals surface area contributed by atoms with E-state index in [0.29, 0.717) is 5.65 Å². The third kappa shape index (κ3) is 0.750. The van der Waals surface area contributed by atoms with Gasteiger partial charge in [0.15, 0.2) is 10.5 Å². The van der Waals surface area contributed by atoms with Crippen LogP contribution >= 0.6 is 11.3 Å². The second-order valence-corrected chi connectivity index (χ2v) is 3.00. The fraction of sp³-hybridized carbons (Fsp3) is 0.200. The lowest BCUT2D eigenvalue weighted by molar-refractivity contribution is 1.02. The van der Waals surface area contributed by atoms with Crippen LogP contribution in [0.1, 0.15) is 5.01 Å². The number of rotatable bonds is 0. The van der Waals surface area contributed by atoms with E-state index in [1.54, 1.807) is 0 Å². The number of hydrogen-bond acceptors (Lipinski definition) is 5. The van der Waals surface area contributed by atoms with Gasteiger partial charge in [-0.2, -0.15) is 0 Å². The first kappa shape index (κ1) is 5.67. The largest absolute Gasteiger partial charge is 0.220 e. The van der Waals surface area contributed by atoms with Gasteiger partial charge in [-0.15, -0.1) is 10.2 Å². The van der Waals surface area contributed by atoms with E-state index in [9.17, 15) is 0 Å². The molecule has 0 amide bonds. The monoisotopic (exact) mass is 152 g/mol. The topological polar surface area (TPSA) is 51.6 Å². The summed E-state index contributed by atoms with van der Waals surface area (Å²) in [5.41, 5.74) is 0.692. The van der Waals surface area contributed by atoms with Gasteiger partial charge in [-0.05, 0) is 6.92 Å². The molecule has 4 nitrogen and oxygen atoms in total. The molecule has 0 fully saturated rings. The van der Waals surface area contributed by atoms with Gasteiger partial charge >= 0.3 is 0 Å². The molecular weight excluding hydrogens is 148 g/mol. The van der Waals surface area contributed by atoms with Crippen LogP contribution in [0.2, 0.25) is 0 Å². The van der Waals surface area contributed by atoms with Crippen molar-refractivity contribution in [1.82, 2.24) is 20.2 Å². The van der Waals surface area contributed by atoms with E-state index >= 15 is 0 Å². The second kappa shape index (κ2) is 1.95. The molecule has 2 heterocycles. The van der Waals surface area contributed by atoms with Crippen molar-refractivity contribution in [2.75, 3.05) is 0 Å². The summed E-state index contributed by atoms with van der Waals surface area (Å²) < 4.78 is 0. The molecule has 0 aromatic carbocycles. The smallest absolute Gasteiger partial charge is 0.193 e. The van der Waals surface area contributed by atoms with E-state index < -0.39 is 0 Å². The molecule has 50 valence electrons. The van der Waals surface area contributed by atoms with Crippen molar-refractivity contribution < 1.29 is 0 Å². The summed E-state index contributed by atoms with van der Waals surface area (Å²) in [7, 11) is 0. The van der Waals surface area contributed by atoms with Gasteiger partial charge in [0.1, 0.15) is 6.33 Å². The van der Waals surface area contributed by atoms with Crippen molar-refractivity contribution in [3.63, 3.8) is 0 Å². The molecule has 0 N–H and O–H groups in total. The van der Waals surface area contributed by atoms with Gasteiger partial charge in [-0.3, -0.25) is 0 Å². The maximum absolute atomic E-state index is 4.12. The van der Waals surface area contributed by atoms with Crippen molar-refractivity contribution in [2.45, 2.75) is 6.92 Å². The third-order valence-electron chi connectivity index (χ3n) is 1.08. The molecule has 0 unspecified atom stereocenters. The molecule has 2 aromatic rings. The Balaban J connectivity index is 2.88. The van der Waals surface area contributed by atoms with Crippen molar-refractivity contribution in [3.8, 4) is 0 Å². The fourth-order valence-electron chi connectivity index (χ4n) is 0.713. The zero-order valence-electron chi connectivity index (χ0n) is 5.27. The Morgan fingerprint density at radius 1 is 1.50 bits per heavy atom. The highest BCUT2D eigenvalue weighted by molar-refractivity contribution is 7.17. The number of aryl methyl sites for hydroxylation is 1. The van der Waals surface area contributed by atoms with E-state index in [0.717, 1.165) is 9.84 Å². The summed E-state index contributed by atoms with van der Waals surface area (Å²) in [5, 5.41) is 8.46. The summed E-state index contributed by atoms with van der Waals surface area (Å²) in [4.78, 5) is 8.85. The van der Waals surface area contributed by atoms with Crippen molar-refractivity contribution in [2.24, 2.45) is 0 Å². The highest BCUT2D eigenvalue weighted by Gasteiger charge is 1.99. The summed E-state index contributed by atoms with van der Waals surface area (Å²) in [5.74, 6) is 0. The first-order chi connectivity index (χ1) is 4.86. The van der Waals surface area contributed by atoms with Gasteiger partial charge < -0.3 is 0 Å². The van der Waals surface area contributed by atoms with Crippen molar-refractivity contribution in [3.05, 3.63) is 11.3 Å². The first-order valence-electron chi connectivity index (χ1n) is 2.77. The van der Waals surface area contributed by atoms with Crippen LogP contribution in [0.5, 0.6) is 0 Å². The zero-order valence-corrected chi connectivity index (χ0v) is 6.09. The molecule has 10 heavy (non-hydrogen) atoms. The summed E-state index contributed by atoms with van der Waals surface area (Å²) in [6.07, 6.45) is 1.40. The molecule has 0 saturated heterocycles. The lowest BCUT2D eigenvalue weighted by Gasteiger charge is -1.78. The molecule has 0 atom stereocenters. The van der Waals surface area contributed by atoms with E-state index in [1.807, 2.05) is 6.92 Å². The number of hydrogen-bond donors (Lipinski definition) is 0. The van der Waals surface area contributed by atoms with Crippen LogP contribution in [0.4, 0.5) is 0 Å². The maximum Gasteiger partial charge on any atom is 0.193 e. The Kier molecular flexibility index (Phi) is 1.10. The van der Waals surface area contributed by atoms with E-state index in [-0.39, 0.29) is 0 Å². The quantitative estimate of drug-likeness (QED) is 0.560. The molecule has 0 aliphatic rings. The zero-order chi connectivity index (χ0) is 6.97. The minimum Gasteiger partial charge on any atom is -0.220 e. The van der Waals surface area contributed by atoms with Gasteiger partial charge in [0.2, 0.25) is 0 Å². The lowest BCUT2D eigenvalue weighted by atomic mass is 10.7. The lowest BCUT2D eigenvalue weighted by Crippen LogP contribution is -1.81. The van der Waals surface area contributed by atoms with Crippen molar-refractivity contribution >= 4 is 21.8 Å². The van der Waals surface area contributed by atoms with Crippen LogP contribution in [0.25, 0.3) is 10.5 Å². The van der Waals surface area contributed by atoms with Crippen LogP contribution in [-0.4, -0.2) is 20.2 Å². The predicted octanol–water partition coefficient (Wildman–Crippen LogP) is 0.790. The molecular formula is C5H4N4S. The Morgan fingerprint density at radius 2 is 2.40 bits per heavy atom. The highest BCUT2D eigenvalue weighted by atomic mass is 32.1. The van der Waals surface area contributed by atoms with Crippen LogP contribution in [0.15, 0.2) is 6.33 Å². The Bertz CT molecular complexity index is 322. The minimum atomic E-state index is 0.692. The molecule has 0 aliphatic heterocycles. The maximum atomic E-state index is 4.12. The van der Waals surface area contributed by atoms with Gasteiger partial charge in [-0.1, -0.05) is 11.3 Å². The minimum absolute atomic E-state index is 0.692. The standard InChI is InChI=1S/C5H4N4S/c1-3-8-4-5(10-3)9-7-2-6-4/h2H,1H3. The second-order valence-electron chi connectivity index (χ2n) is 1.82. The Morgan fingerprint density at radius 3 is 3.20 bits per heavy atom. The molecule has 0 spiro atoms. The molecule has 0 aliphatic carbocycles. The number of nitrogens with zero attached hydrogens (tertiary/aromatic N) is 4. The average Bonchev–Trinajstić information content (AvgIpc) is 2.27. The molecule has 0 saturated carbocycles. The first-order valence-corrected chi connectivity index (χ1v) is 3.59. The van der Waals surface area contributed by atoms with Crippen LogP contribution in [0, 0.1) is 6.92 Å². The predicted molar refractivity (Wildman–Crippen MR) is 37.7 cm³/mol.